The van der Waals surface area contributed by atoms with Crippen LogP contribution in [0.1, 0.15) is 27.0 Å². The molecule has 0 aliphatic rings. The van der Waals surface area contributed by atoms with Crippen molar-refractivity contribution >= 4 is 38.9 Å². The molecule has 2 rings (SSSR count). The van der Waals surface area contributed by atoms with Crippen molar-refractivity contribution in [3.8, 4) is 0 Å². The molecule has 1 aromatic heterocycles. The fourth-order valence-corrected chi connectivity index (χ4v) is 2.71. The first-order chi connectivity index (χ1) is 7.52. The van der Waals surface area contributed by atoms with Gasteiger partial charge in [-0.2, -0.15) is 0 Å². The van der Waals surface area contributed by atoms with Crippen LogP contribution in [0.2, 0.25) is 0 Å². The molecule has 0 amide bonds. The summed E-state index contributed by atoms with van der Waals surface area (Å²) in [6.45, 7) is 1.35. The molecule has 3 N–H and O–H groups in total. The van der Waals surface area contributed by atoms with Crippen molar-refractivity contribution < 1.29 is 14.7 Å². The number of carboxylic acid groups (broad SMARTS) is 1. The van der Waals surface area contributed by atoms with Crippen molar-refractivity contribution in [3.63, 3.8) is 0 Å². The fraction of sp³-hybridized carbons (Fsp3) is 0.0909. The molecule has 1 aromatic carbocycles. The van der Waals surface area contributed by atoms with Gasteiger partial charge >= 0.3 is 5.97 Å². The third kappa shape index (κ3) is 1.45. The normalized spacial score (nSPS) is 10.6. The van der Waals surface area contributed by atoms with Gasteiger partial charge in [-0.3, -0.25) is 4.79 Å². The number of carbonyl (C=O) groups excluding carboxylic acids is 1. The number of anilines is 1. The van der Waals surface area contributed by atoms with Crippen LogP contribution < -0.4 is 5.73 Å². The lowest BCUT2D eigenvalue weighted by Gasteiger charge is -1.96. The summed E-state index contributed by atoms with van der Waals surface area (Å²) in [6, 6.07) is 5.03. The van der Waals surface area contributed by atoms with Crippen molar-refractivity contribution in [2.75, 3.05) is 5.73 Å². The Labute approximate surface area is 95.3 Å². The van der Waals surface area contributed by atoms with E-state index in [4.69, 9.17) is 10.8 Å². The average Bonchev–Trinajstić information content (AvgIpc) is 2.58. The molecular weight excluding hydrogens is 226 g/mol. The SMILES string of the molecule is CC(=O)c1sc2c(N)cccc2c1C(=O)O. The predicted octanol–water partition coefficient (Wildman–Crippen LogP) is 2.38. The number of rotatable bonds is 2. The van der Waals surface area contributed by atoms with Crippen molar-refractivity contribution in [1.29, 1.82) is 0 Å². The molecule has 0 aliphatic heterocycles. The van der Waals surface area contributed by atoms with E-state index >= 15 is 0 Å². The van der Waals surface area contributed by atoms with E-state index in [2.05, 4.69) is 0 Å². The summed E-state index contributed by atoms with van der Waals surface area (Å²) in [6.07, 6.45) is 0. The van der Waals surface area contributed by atoms with E-state index in [1.807, 2.05) is 0 Å². The Morgan fingerprint density at radius 1 is 1.38 bits per heavy atom. The Kier molecular flexibility index (Phi) is 2.40. The molecule has 0 unspecified atom stereocenters. The van der Waals surface area contributed by atoms with Crippen molar-refractivity contribution in [1.82, 2.24) is 0 Å². The van der Waals surface area contributed by atoms with Gasteiger partial charge < -0.3 is 10.8 Å². The maximum atomic E-state index is 11.4. The lowest BCUT2D eigenvalue weighted by atomic mass is 10.1. The van der Waals surface area contributed by atoms with Crippen molar-refractivity contribution in [3.05, 3.63) is 28.6 Å². The number of Topliss-reactive ketones (excluding diaryl/α,β-unsaturated/α-hetero) is 1. The van der Waals surface area contributed by atoms with E-state index in [9.17, 15) is 9.59 Å². The van der Waals surface area contributed by atoms with Crippen molar-refractivity contribution in [2.24, 2.45) is 0 Å². The molecule has 0 aliphatic carbocycles. The third-order valence-corrected chi connectivity index (χ3v) is 3.64. The maximum absolute atomic E-state index is 11.4. The number of ketones is 1. The quantitative estimate of drug-likeness (QED) is 0.618. The Morgan fingerprint density at radius 2 is 2.06 bits per heavy atom. The second kappa shape index (κ2) is 3.61. The van der Waals surface area contributed by atoms with Gasteiger partial charge in [-0.1, -0.05) is 12.1 Å². The molecule has 82 valence electrons. The molecule has 0 saturated heterocycles. The number of nitrogen functional groups attached to an aromatic ring is 1. The highest BCUT2D eigenvalue weighted by Crippen LogP contribution is 2.35. The van der Waals surface area contributed by atoms with Crippen LogP contribution in [0.4, 0.5) is 5.69 Å². The van der Waals surface area contributed by atoms with Crippen LogP contribution in [-0.2, 0) is 0 Å². The Morgan fingerprint density at radius 3 is 2.62 bits per heavy atom. The third-order valence-electron chi connectivity index (χ3n) is 2.28. The second-order valence-electron chi connectivity index (χ2n) is 3.39. The number of hydrogen-bond donors (Lipinski definition) is 2. The van der Waals surface area contributed by atoms with E-state index in [1.54, 1.807) is 18.2 Å². The molecule has 0 fully saturated rings. The van der Waals surface area contributed by atoms with Gasteiger partial charge in [-0.15, -0.1) is 11.3 Å². The van der Waals surface area contributed by atoms with E-state index in [1.165, 1.54) is 6.92 Å². The molecule has 0 spiro atoms. The first-order valence-electron chi connectivity index (χ1n) is 4.57. The minimum atomic E-state index is -1.10. The largest absolute Gasteiger partial charge is 0.478 e. The molecule has 2 aromatic rings. The predicted molar refractivity (Wildman–Crippen MR) is 63.2 cm³/mol. The number of nitrogens with two attached hydrogens (primary N) is 1. The van der Waals surface area contributed by atoms with Crippen LogP contribution in [0.5, 0.6) is 0 Å². The van der Waals surface area contributed by atoms with Gasteiger partial charge in [-0.25, -0.2) is 4.79 Å². The van der Waals surface area contributed by atoms with Gasteiger partial charge in [0.15, 0.2) is 5.78 Å². The molecule has 0 radical (unpaired) electrons. The van der Waals surface area contributed by atoms with Crippen LogP contribution in [0, 0.1) is 0 Å². The number of fused-ring (bicyclic) bond motifs is 1. The summed E-state index contributed by atoms with van der Waals surface area (Å²) < 4.78 is 0.658. The van der Waals surface area contributed by atoms with Crippen LogP contribution in [0.15, 0.2) is 18.2 Å². The summed E-state index contributed by atoms with van der Waals surface area (Å²) in [5.74, 6) is -1.35. The zero-order valence-electron chi connectivity index (χ0n) is 8.48. The second-order valence-corrected chi connectivity index (χ2v) is 4.41. The Bertz CT molecular complexity index is 601. The number of benzene rings is 1. The zero-order valence-corrected chi connectivity index (χ0v) is 9.30. The van der Waals surface area contributed by atoms with E-state index in [0.717, 1.165) is 11.3 Å². The molecular formula is C11H9NO3S. The highest BCUT2D eigenvalue weighted by atomic mass is 32.1. The molecule has 0 saturated carbocycles. The highest BCUT2D eigenvalue weighted by Gasteiger charge is 2.21. The topological polar surface area (TPSA) is 80.4 Å². The molecule has 16 heavy (non-hydrogen) atoms. The van der Waals surface area contributed by atoms with Gasteiger partial charge in [0.25, 0.3) is 0 Å². The monoisotopic (exact) mass is 235 g/mol. The first kappa shape index (κ1) is 10.6. The van der Waals surface area contributed by atoms with E-state index in [0.29, 0.717) is 15.8 Å². The van der Waals surface area contributed by atoms with Crippen LogP contribution in [-0.4, -0.2) is 16.9 Å². The standard InChI is InChI=1S/C11H9NO3S/c1-5(13)9-8(11(14)15)6-3-2-4-7(12)10(6)16-9/h2-4H,12H2,1H3,(H,14,15). The number of thiophene rings is 1. The molecule has 0 atom stereocenters. The first-order valence-corrected chi connectivity index (χ1v) is 5.39. The van der Waals surface area contributed by atoms with Crippen LogP contribution in [0.25, 0.3) is 10.1 Å². The molecule has 0 bridgehead atoms. The molecule has 4 nitrogen and oxygen atoms in total. The van der Waals surface area contributed by atoms with Crippen molar-refractivity contribution in [2.45, 2.75) is 6.92 Å². The summed E-state index contributed by atoms with van der Waals surface area (Å²) in [5.41, 5.74) is 6.30. The summed E-state index contributed by atoms with van der Waals surface area (Å²) in [4.78, 5) is 22.7. The minimum absolute atomic E-state index is 0.0554. The highest BCUT2D eigenvalue weighted by molar-refractivity contribution is 7.22. The number of carbonyl (C=O) groups is 2. The van der Waals surface area contributed by atoms with Gasteiger partial charge in [-0.05, 0) is 13.0 Å². The van der Waals surface area contributed by atoms with Gasteiger partial charge in [0.1, 0.15) is 0 Å². The fourth-order valence-electron chi connectivity index (χ4n) is 1.60. The number of carboxylic acids is 1. The maximum Gasteiger partial charge on any atom is 0.337 e. The van der Waals surface area contributed by atoms with E-state index < -0.39 is 5.97 Å². The van der Waals surface area contributed by atoms with Crippen LogP contribution >= 0.6 is 11.3 Å². The lowest BCUT2D eigenvalue weighted by molar-refractivity contribution is 0.0695. The Hall–Kier alpha value is -1.88. The summed E-state index contributed by atoms with van der Waals surface area (Å²) in [5, 5.41) is 9.64. The number of hydrogen-bond acceptors (Lipinski definition) is 4. The van der Waals surface area contributed by atoms with E-state index in [-0.39, 0.29) is 16.2 Å². The van der Waals surface area contributed by atoms with Gasteiger partial charge in [0.05, 0.1) is 15.1 Å². The zero-order chi connectivity index (χ0) is 11.9. The smallest absolute Gasteiger partial charge is 0.337 e. The minimum Gasteiger partial charge on any atom is -0.478 e. The van der Waals surface area contributed by atoms with Gasteiger partial charge in [0, 0.05) is 11.1 Å². The lowest BCUT2D eigenvalue weighted by Crippen LogP contribution is -2.02. The van der Waals surface area contributed by atoms with Gasteiger partial charge in [0.2, 0.25) is 0 Å². The summed E-state index contributed by atoms with van der Waals surface area (Å²) in [7, 11) is 0. The number of aromatic carboxylic acids is 1. The summed E-state index contributed by atoms with van der Waals surface area (Å²) >= 11 is 1.13. The van der Waals surface area contributed by atoms with Crippen LogP contribution in [0.3, 0.4) is 0 Å². The molecule has 1 heterocycles. The molecule has 5 heteroatoms. The Balaban J connectivity index is 2.92. The average molecular weight is 235 g/mol.